The third-order valence-corrected chi connectivity index (χ3v) is 7.12. The van der Waals surface area contributed by atoms with Gasteiger partial charge < -0.3 is 14.2 Å². The van der Waals surface area contributed by atoms with Crippen LogP contribution in [-0.2, 0) is 19.7 Å². The Labute approximate surface area is 226 Å². The number of benzene rings is 3. The molecule has 0 spiro atoms. The second kappa shape index (κ2) is 10.6. The van der Waals surface area contributed by atoms with Crippen molar-refractivity contribution >= 4 is 17.9 Å². The average Bonchev–Trinajstić information content (AvgIpc) is 3.71. The maximum Gasteiger partial charge on any atom is 0.413 e. The minimum atomic E-state index is -0.617. The van der Waals surface area contributed by atoms with Crippen molar-refractivity contribution in [3.05, 3.63) is 89.6 Å². The number of nitrogens with zero attached hydrogens (tertiary/aromatic N) is 3. The van der Waals surface area contributed by atoms with Crippen LogP contribution in [-0.4, -0.2) is 41.3 Å². The Morgan fingerprint density at radius 1 is 0.974 bits per heavy atom. The molecular weight excluding hydrogens is 496 g/mol. The van der Waals surface area contributed by atoms with Crippen LogP contribution in [0.25, 0.3) is 16.8 Å². The molecule has 5 rings (SSSR count). The summed E-state index contributed by atoms with van der Waals surface area (Å²) < 4.78 is 17.8. The molecular formula is C30H30N4O5. The van der Waals surface area contributed by atoms with Crippen LogP contribution in [0.1, 0.15) is 42.7 Å². The van der Waals surface area contributed by atoms with E-state index < -0.39 is 17.6 Å². The lowest BCUT2D eigenvalue weighted by atomic mass is 9.93. The van der Waals surface area contributed by atoms with Gasteiger partial charge in [-0.25, -0.2) is 4.79 Å². The van der Waals surface area contributed by atoms with Crippen LogP contribution < -0.4 is 10.1 Å². The number of carbonyl (C=O) groups is 2. The first-order valence-electron chi connectivity index (χ1n) is 12.7. The third-order valence-electron chi connectivity index (χ3n) is 7.12. The van der Waals surface area contributed by atoms with E-state index in [0.717, 1.165) is 35.1 Å². The predicted octanol–water partition coefficient (Wildman–Crippen LogP) is 5.77. The van der Waals surface area contributed by atoms with Crippen molar-refractivity contribution in [1.82, 2.24) is 15.0 Å². The molecule has 0 aliphatic heterocycles. The van der Waals surface area contributed by atoms with Crippen molar-refractivity contribution in [1.29, 1.82) is 0 Å². The number of rotatable bonds is 8. The van der Waals surface area contributed by atoms with Crippen LogP contribution in [0, 0.1) is 6.92 Å². The number of amides is 1. The van der Waals surface area contributed by atoms with E-state index in [2.05, 4.69) is 15.6 Å². The first-order chi connectivity index (χ1) is 18.9. The van der Waals surface area contributed by atoms with Gasteiger partial charge in [-0.15, -0.1) is 5.10 Å². The lowest BCUT2D eigenvalue weighted by molar-refractivity contribution is -0.143. The average molecular weight is 527 g/mol. The van der Waals surface area contributed by atoms with Crippen LogP contribution in [0.2, 0.25) is 0 Å². The summed E-state index contributed by atoms with van der Waals surface area (Å²) in [6, 6.07) is 23.1. The van der Waals surface area contributed by atoms with Gasteiger partial charge in [0.05, 0.1) is 19.6 Å². The fourth-order valence-electron chi connectivity index (χ4n) is 4.69. The zero-order valence-electron chi connectivity index (χ0n) is 22.3. The summed E-state index contributed by atoms with van der Waals surface area (Å²) in [5.41, 5.74) is 4.36. The molecule has 0 saturated heterocycles. The lowest BCUT2D eigenvalue weighted by Crippen LogP contribution is -2.21. The molecule has 1 amide bonds. The van der Waals surface area contributed by atoms with Crippen LogP contribution >= 0.6 is 0 Å². The molecule has 1 aliphatic carbocycles. The topological polar surface area (TPSA) is 105 Å². The number of ether oxygens (including phenoxy) is 3. The normalized spacial score (nSPS) is 14.3. The first kappa shape index (κ1) is 26.0. The highest BCUT2D eigenvalue weighted by Gasteiger charge is 2.52. The molecule has 0 radical (unpaired) electrons. The molecule has 9 heteroatoms. The summed E-state index contributed by atoms with van der Waals surface area (Å²) in [5.74, 6) is 0.740. The zero-order chi connectivity index (χ0) is 27.6. The van der Waals surface area contributed by atoms with E-state index in [1.54, 1.807) is 14.0 Å². The molecule has 1 saturated carbocycles. The fourth-order valence-corrected chi connectivity index (χ4v) is 4.69. The molecule has 200 valence electrons. The van der Waals surface area contributed by atoms with Crippen LogP contribution in [0.15, 0.2) is 72.8 Å². The number of esters is 1. The second-order valence-corrected chi connectivity index (χ2v) is 9.56. The fraction of sp³-hybridized carbons (Fsp3) is 0.267. The van der Waals surface area contributed by atoms with Crippen molar-refractivity contribution in [3.63, 3.8) is 0 Å². The monoisotopic (exact) mass is 526 g/mol. The number of carbonyl (C=O) groups excluding carboxylic acids is 2. The van der Waals surface area contributed by atoms with Crippen LogP contribution in [0.3, 0.4) is 0 Å². The van der Waals surface area contributed by atoms with Crippen molar-refractivity contribution in [2.24, 2.45) is 0 Å². The van der Waals surface area contributed by atoms with Gasteiger partial charge >= 0.3 is 12.1 Å². The van der Waals surface area contributed by atoms with Crippen molar-refractivity contribution in [2.45, 2.75) is 38.2 Å². The number of anilines is 1. The van der Waals surface area contributed by atoms with Crippen LogP contribution in [0.4, 0.5) is 10.6 Å². The lowest BCUT2D eigenvalue weighted by Gasteiger charge is -2.16. The predicted molar refractivity (Wildman–Crippen MR) is 146 cm³/mol. The number of aryl methyl sites for hydroxylation is 1. The molecule has 1 atom stereocenters. The Hall–Kier alpha value is -4.66. The van der Waals surface area contributed by atoms with Crippen molar-refractivity contribution in [2.75, 3.05) is 19.5 Å². The Balaban J connectivity index is 1.37. The highest BCUT2D eigenvalue weighted by Crippen LogP contribution is 2.49. The Morgan fingerprint density at radius 3 is 2.31 bits per heavy atom. The summed E-state index contributed by atoms with van der Waals surface area (Å²) in [6.07, 6.45) is 0.551. The summed E-state index contributed by atoms with van der Waals surface area (Å²) in [7, 11) is 3.00. The van der Waals surface area contributed by atoms with E-state index in [9.17, 15) is 9.59 Å². The minimum Gasteiger partial charge on any atom is -0.494 e. The summed E-state index contributed by atoms with van der Waals surface area (Å²) in [4.78, 5) is 25.0. The van der Waals surface area contributed by atoms with Gasteiger partial charge in [-0.3, -0.25) is 10.1 Å². The minimum absolute atomic E-state index is 0.188. The Morgan fingerprint density at radius 2 is 1.67 bits per heavy atom. The number of hydrogen-bond acceptors (Lipinski definition) is 7. The molecule has 1 N–H and O–H groups in total. The van der Waals surface area contributed by atoms with Gasteiger partial charge in [0.2, 0.25) is 0 Å². The maximum absolute atomic E-state index is 12.7. The number of methoxy groups -OCH3 is 2. The van der Waals surface area contributed by atoms with E-state index in [0.29, 0.717) is 22.9 Å². The molecule has 1 aliphatic rings. The molecule has 9 nitrogen and oxygen atoms in total. The third kappa shape index (κ3) is 5.07. The number of aromatic nitrogens is 3. The molecule has 1 unspecified atom stereocenters. The van der Waals surface area contributed by atoms with Gasteiger partial charge in [0.25, 0.3) is 0 Å². The maximum atomic E-state index is 12.7. The van der Waals surface area contributed by atoms with Gasteiger partial charge in [0, 0.05) is 0 Å². The van der Waals surface area contributed by atoms with Gasteiger partial charge in [-0.05, 0) is 61.1 Å². The van der Waals surface area contributed by atoms with Crippen LogP contribution in [0.5, 0.6) is 5.75 Å². The molecule has 39 heavy (non-hydrogen) atoms. The summed E-state index contributed by atoms with van der Waals surface area (Å²) in [5, 5.41) is 11.2. The quantitative estimate of drug-likeness (QED) is 0.291. The standard InChI is InChI=1S/C30H30N4O5/c1-19-27(31-29(36)39-20(2)21-8-6-5-7-9-21)34(33-32-19)25-15-12-23(18-26(25)37-3)22-10-13-24(14-11-22)30(16-17-30)28(35)38-4/h5-15,18,20H,16-17H2,1-4H3,(H,31,36). The summed E-state index contributed by atoms with van der Waals surface area (Å²) in [6.45, 7) is 3.56. The van der Waals surface area contributed by atoms with Crippen molar-refractivity contribution in [3.8, 4) is 22.6 Å². The smallest absolute Gasteiger partial charge is 0.413 e. The number of nitrogens with one attached hydrogen (secondary N) is 1. The SMILES string of the molecule is COC(=O)C1(c2ccc(-c3ccc(-n4nnc(C)c4NC(=O)OC(C)c4ccccc4)c(OC)c3)cc2)CC1. The van der Waals surface area contributed by atoms with Gasteiger partial charge in [0.1, 0.15) is 23.2 Å². The Kier molecular flexibility index (Phi) is 7.06. The van der Waals surface area contributed by atoms with E-state index in [1.165, 1.54) is 11.8 Å². The number of hydrogen-bond donors (Lipinski definition) is 1. The van der Waals surface area contributed by atoms with Gasteiger partial charge in [-0.1, -0.05) is 65.9 Å². The van der Waals surface area contributed by atoms with E-state index >= 15 is 0 Å². The zero-order valence-corrected chi connectivity index (χ0v) is 22.3. The molecule has 0 bridgehead atoms. The largest absolute Gasteiger partial charge is 0.494 e. The van der Waals surface area contributed by atoms with E-state index in [-0.39, 0.29) is 5.97 Å². The molecule has 1 heterocycles. The Bertz CT molecular complexity index is 1490. The second-order valence-electron chi connectivity index (χ2n) is 9.56. The highest BCUT2D eigenvalue weighted by atomic mass is 16.6. The first-order valence-corrected chi connectivity index (χ1v) is 12.7. The highest BCUT2D eigenvalue weighted by molar-refractivity contribution is 5.87. The van der Waals surface area contributed by atoms with Gasteiger partial charge in [-0.2, -0.15) is 4.68 Å². The van der Waals surface area contributed by atoms with E-state index in [1.807, 2.05) is 79.7 Å². The van der Waals surface area contributed by atoms with Crippen molar-refractivity contribution < 1.29 is 23.8 Å². The molecule has 1 fully saturated rings. The molecule has 3 aromatic carbocycles. The summed E-state index contributed by atoms with van der Waals surface area (Å²) >= 11 is 0. The van der Waals surface area contributed by atoms with Gasteiger partial charge in [0.15, 0.2) is 5.82 Å². The van der Waals surface area contributed by atoms with E-state index in [4.69, 9.17) is 14.2 Å². The molecule has 4 aromatic rings. The molecule has 1 aromatic heterocycles.